The van der Waals surface area contributed by atoms with Crippen molar-refractivity contribution in [3.05, 3.63) is 31.4 Å². The maximum Gasteiger partial charge on any atom is 0.287 e. The highest BCUT2D eigenvalue weighted by molar-refractivity contribution is 9.11. The average molecular weight is 293 g/mol. The van der Waals surface area contributed by atoms with Gasteiger partial charge in [-0.3, -0.25) is 4.79 Å². The monoisotopic (exact) mass is 291 g/mol. The van der Waals surface area contributed by atoms with Gasteiger partial charge in [0.15, 0.2) is 5.58 Å². The minimum atomic E-state index is -0.216. The van der Waals surface area contributed by atoms with Gasteiger partial charge in [0.05, 0.1) is 9.86 Å². The van der Waals surface area contributed by atoms with E-state index in [2.05, 4.69) is 37.0 Å². The van der Waals surface area contributed by atoms with Crippen molar-refractivity contribution in [2.75, 3.05) is 0 Å². The quantitative estimate of drug-likeness (QED) is 0.811. The third-order valence-electron chi connectivity index (χ3n) is 1.50. The van der Waals surface area contributed by atoms with Crippen LogP contribution in [0.3, 0.4) is 0 Å². The maximum atomic E-state index is 11.1. The Hall–Kier alpha value is -0.550. The van der Waals surface area contributed by atoms with Gasteiger partial charge in [-0.2, -0.15) is 5.16 Å². The molecule has 62 valence electrons. The molecule has 0 radical (unpaired) electrons. The van der Waals surface area contributed by atoms with E-state index in [1.165, 1.54) is 0 Å². The Bertz CT molecular complexity index is 486. The molecule has 0 saturated heterocycles. The first kappa shape index (κ1) is 8.07. The molecule has 0 aliphatic rings. The lowest BCUT2D eigenvalue weighted by Crippen LogP contribution is -1.96. The normalized spacial score (nSPS) is 10.8. The molecule has 0 unspecified atom stereocenters. The van der Waals surface area contributed by atoms with E-state index in [-0.39, 0.29) is 5.56 Å². The van der Waals surface area contributed by atoms with Crippen molar-refractivity contribution in [2.45, 2.75) is 0 Å². The summed E-state index contributed by atoms with van der Waals surface area (Å²) in [4.78, 5) is 11.1. The summed E-state index contributed by atoms with van der Waals surface area (Å²) in [6.07, 6.45) is 0. The van der Waals surface area contributed by atoms with E-state index in [1.807, 2.05) is 6.07 Å². The molecule has 0 spiro atoms. The summed E-state index contributed by atoms with van der Waals surface area (Å²) in [6, 6.07) is 3.53. The highest BCUT2D eigenvalue weighted by Gasteiger charge is 2.07. The van der Waals surface area contributed by atoms with Crippen LogP contribution < -0.4 is 5.56 Å². The van der Waals surface area contributed by atoms with Crippen molar-refractivity contribution in [3.8, 4) is 0 Å². The van der Waals surface area contributed by atoms with Crippen LogP contribution in [0.2, 0.25) is 0 Å². The number of benzene rings is 1. The summed E-state index contributed by atoms with van der Waals surface area (Å²) in [5, 5.41) is 2.80. The molecule has 1 N–H and O–H groups in total. The van der Waals surface area contributed by atoms with Crippen LogP contribution in [0.5, 0.6) is 0 Å². The van der Waals surface area contributed by atoms with Crippen molar-refractivity contribution >= 4 is 42.8 Å². The fraction of sp³-hybridized carbons (Fsp3) is 0. The Morgan fingerprint density at radius 3 is 2.83 bits per heavy atom. The van der Waals surface area contributed by atoms with E-state index in [9.17, 15) is 4.79 Å². The molecule has 0 bridgehead atoms. The van der Waals surface area contributed by atoms with Crippen LogP contribution in [0.4, 0.5) is 0 Å². The van der Waals surface area contributed by atoms with Crippen molar-refractivity contribution in [1.29, 1.82) is 0 Å². The largest absolute Gasteiger partial charge is 0.377 e. The van der Waals surface area contributed by atoms with Gasteiger partial charge in [0, 0.05) is 4.47 Å². The summed E-state index contributed by atoms with van der Waals surface area (Å²) in [7, 11) is 0. The van der Waals surface area contributed by atoms with Crippen molar-refractivity contribution < 1.29 is 4.52 Å². The maximum absolute atomic E-state index is 11.1. The van der Waals surface area contributed by atoms with E-state index < -0.39 is 0 Å². The van der Waals surface area contributed by atoms with Gasteiger partial charge in [0.1, 0.15) is 0 Å². The van der Waals surface area contributed by atoms with Crippen LogP contribution in [0.25, 0.3) is 11.0 Å². The molecule has 2 aromatic rings. The summed E-state index contributed by atoms with van der Waals surface area (Å²) in [5.41, 5.74) is 0.329. The lowest BCUT2D eigenvalue weighted by atomic mass is 10.3. The van der Waals surface area contributed by atoms with Gasteiger partial charge >= 0.3 is 0 Å². The van der Waals surface area contributed by atoms with Crippen molar-refractivity contribution in [2.24, 2.45) is 0 Å². The molecule has 1 aromatic carbocycles. The van der Waals surface area contributed by atoms with E-state index in [0.717, 1.165) is 8.95 Å². The topological polar surface area (TPSA) is 46.0 Å². The molecule has 3 nitrogen and oxygen atoms in total. The lowest BCUT2D eigenvalue weighted by Gasteiger charge is -1.91. The van der Waals surface area contributed by atoms with Crippen LogP contribution in [-0.4, -0.2) is 5.16 Å². The van der Waals surface area contributed by atoms with Gasteiger partial charge in [-0.15, -0.1) is 0 Å². The highest BCUT2D eigenvalue weighted by atomic mass is 79.9. The van der Waals surface area contributed by atoms with Gasteiger partial charge in [-0.25, -0.2) is 0 Å². The molecular formula is C7H3Br2NO2. The predicted octanol–water partition coefficient (Wildman–Crippen LogP) is 2.65. The number of aromatic nitrogens is 1. The smallest absolute Gasteiger partial charge is 0.287 e. The molecule has 1 heterocycles. The van der Waals surface area contributed by atoms with Crippen molar-refractivity contribution in [1.82, 2.24) is 5.16 Å². The second-order valence-electron chi connectivity index (χ2n) is 2.30. The van der Waals surface area contributed by atoms with E-state index in [4.69, 9.17) is 4.52 Å². The molecule has 0 saturated carbocycles. The number of fused-ring (bicyclic) bond motifs is 1. The molecule has 0 amide bonds. The Kier molecular flexibility index (Phi) is 1.84. The third kappa shape index (κ3) is 1.13. The highest BCUT2D eigenvalue weighted by Crippen LogP contribution is 2.25. The Morgan fingerprint density at radius 1 is 1.33 bits per heavy atom. The molecule has 5 heteroatoms. The Balaban J connectivity index is 3.02. The minimum absolute atomic E-state index is 0.216. The SMILES string of the molecule is O=c1[nH]oc2c(Br)cc(Br)cc12. The standard InChI is InChI=1S/C7H3Br2NO2/c8-3-1-4-6(5(9)2-3)12-10-7(4)11/h1-2H,(H,10,11). The number of halogens is 2. The van der Waals surface area contributed by atoms with Gasteiger partial charge in [0.25, 0.3) is 5.56 Å². The molecule has 0 atom stereocenters. The van der Waals surface area contributed by atoms with Crippen LogP contribution in [-0.2, 0) is 0 Å². The predicted molar refractivity (Wildman–Crippen MR) is 52.2 cm³/mol. The van der Waals surface area contributed by atoms with Gasteiger partial charge in [-0.1, -0.05) is 15.9 Å². The second kappa shape index (κ2) is 2.74. The number of hydrogen-bond donors (Lipinski definition) is 1. The number of H-pyrrole nitrogens is 1. The first-order valence-corrected chi connectivity index (χ1v) is 4.73. The summed E-state index contributed by atoms with van der Waals surface area (Å²) in [6.45, 7) is 0. The fourth-order valence-corrected chi connectivity index (χ4v) is 2.29. The van der Waals surface area contributed by atoms with Crippen LogP contribution in [0.1, 0.15) is 0 Å². The van der Waals surface area contributed by atoms with Crippen molar-refractivity contribution in [3.63, 3.8) is 0 Å². The zero-order valence-corrected chi connectivity index (χ0v) is 8.90. The molecule has 2 rings (SSSR count). The number of rotatable bonds is 0. The summed E-state index contributed by atoms with van der Waals surface area (Å²) in [5.74, 6) is 0. The Morgan fingerprint density at radius 2 is 2.08 bits per heavy atom. The molecule has 1 aromatic heterocycles. The Labute approximate surface area is 84.0 Å². The van der Waals surface area contributed by atoms with E-state index >= 15 is 0 Å². The average Bonchev–Trinajstić information content (AvgIpc) is 2.33. The van der Waals surface area contributed by atoms with E-state index in [0.29, 0.717) is 11.0 Å². The third-order valence-corrected chi connectivity index (χ3v) is 2.55. The minimum Gasteiger partial charge on any atom is -0.377 e. The van der Waals surface area contributed by atoms with E-state index in [1.54, 1.807) is 6.07 Å². The molecular weight excluding hydrogens is 290 g/mol. The number of aromatic amines is 1. The first-order chi connectivity index (χ1) is 5.68. The lowest BCUT2D eigenvalue weighted by molar-refractivity contribution is 0.448. The van der Waals surface area contributed by atoms with Gasteiger partial charge < -0.3 is 4.52 Å². The fourth-order valence-electron chi connectivity index (χ4n) is 0.985. The number of nitrogens with one attached hydrogen (secondary N) is 1. The summed E-state index contributed by atoms with van der Waals surface area (Å²) < 4.78 is 6.53. The van der Waals surface area contributed by atoms with Crippen LogP contribution >= 0.6 is 31.9 Å². The molecule has 0 fully saturated rings. The zero-order chi connectivity index (χ0) is 8.72. The van der Waals surface area contributed by atoms with Gasteiger partial charge in [-0.05, 0) is 28.1 Å². The number of hydrogen-bond acceptors (Lipinski definition) is 2. The molecule has 0 aliphatic carbocycles. The second-order valence-corrected chi connectivity index (χ2v) is 4.07. The summed E-state index contributed by atoms with van der Waals surface area (Å²) >= 11 is 6.56. The van der Waals surface area contributed by atoms with Gasteiger partial charge in [0.2, 0.25) is 0 Å². The zero-order valence-electron chi connectivity index (χ0n) is 5.73. The molecule has 12 heavy (non-hydrogen) atoms. The van der Waals surface area contributed by atoms with Crippen LogP contribution in [0, 0.1) is 0 Å². The van der Waals surface area contributed by atoms with Crippen LogP contribution in [0.15, 0.2) is 30.4 Å². The molecule has 0 aliphatic heterocycles. The first-order valence-electron chi connectivity index (χ1n) is 3.15.